The number of benzene rings is 4. The van der Waals surface area contributed by atoms with E-state index in [1.54, 1.807) is 48.5 Å². The van der Waals surface area contributed by atoms with E-state index in [2.05, 4.69) is 35.8 Å². The lowest BCUT2D eigenvalue weighted by Crippen LogP contribution is -2.25. The molecule has 272 valence electrons. The first kappa shape index (κ1) is 35.9. The second-order valence-corrected chi connectivity index (χ2v) is 16.4. The average Bonchev–Trinajstić information content (AvgIpc) is 4.12. The SMILES string of the molecule is CC(=NNc1nc(Nc2ccccc2)nc(NN=C(C)c2ccc(S(=O)(=O)NC3CC3)cc2)c1-c1ccccc1)c1ccc(S(=O)(=O)NC2CC2)cc1. The Morgan fingerprint density at radius 3 is 1.42 bits per heavy atom. The molecule has 2 aliphatic carbocycles. The number of nitrogens with one attached hydrogen (secondary N) is 5. The molecule has 2 saturated carbocycles. The van der Waals surface area contributed by atoms with Crippen LogP contribution in [0.3, 0.4) is 0 Å². The molecule has 15 heteroatoms. The third-order valence-corrected chi connectivity index (χ3v) is 11.7. The van der Waals surface area contributed by atoms with Crippen LogP contribution >= 0.6 is 0 Å². The van der Waals surface area contributed by atoms with Crippen LogP contribution in [0.25, 0.3) is 11.1 Å². The lowest BCUT2D eigenvalue weighted by Gasteiger charge is -2.16. The van der Waals surface area contributed by atoms with Crippen molar-refractivity contribution in [3.63, 3.8) is 0 Å². The Morgan fingerprint density at radius 1 is 0.585 bits per heavy atom. The van der Waals surface area contributed by atoms with Gasteiger partial charge in [-0.05, 0) is 92.6 Å². The molecule has 5 aromatic rings. The van der Waals surface area contributed by atoms with Crippen LogP contribution in [0.4, 0.5) is 23.3 Å². The van der Waals surface area contributed by atoms with Gasteiger partial charge in [0.15, 0.2) is 11.6 Å². The van der Waals surface area contributed by atoms with Gasteiger partial charge in [0, 0.05) is 17.8 Å². The van der Waals surface area contributed by atoms with E-state index in [4.69, 9.17) is 9.97 Å². The van der Waals surface area contributed by atoms with Crippen molar-refractivity contribution in [3.05, 3.63) is 120 Å². The molecule has 53 heavy (non-hydrogen) atoms. The summed E-state index contributed by atoms with van der Waals surface area (Å²) in [6, 6.07) is 32.3. The number of hydrogen-bond donors (Lipinski definition) is 5. The molecule has 5 N–H and O–H groups in total. The molecule has 0 unspecified atom stereocenters. The number of hydrazone groups is 2. The predicted molar refractivity (Wildman–Crippen MR) is 208 cm³/mol. The molecule has 0 spiro atoms. The van der Waals surface area contributed by atoms with E-state index < -0.39 is 20.0 Å². The molecule has 4 aromatic carbocycles. The quantitative estimate of drug-likeness (QED) is 0.0595. The van der Waals surface area contributed by atoms with Crippen LogP contribution < -0.4 is 25.6 Å². The van der Waals surface area contributed by atoms with Crippen molar-refractivity contribution in [3.8, 4) is 11.1 Å². The third kappa shape index (κ3) is 9.13. The minimum Gasteiger partial charge on any atom is -0.324 e. The van der Waals surface area contributed by atoms with E-state index in [1.165, 1.54) is 0 Å². The fourth-order valence-electron chi connectivity index (χ4n) is 5.34. The second kappa shape index (κ2) is 15.2. The van der Waals surface area contributed by atoms with E-state index in [9.17, 15) is 16.8 Å². The summed E-state index contributed by atoms with van der Waals surface area (Å²) in [5, 5.41) is 12.6. The van der Waals surface area contributed by atoms with Crippen LogP contribution in [0.5, 0.6) is 0 Å². The van der Waals surface area contributed by atoms with Gasteiger partial charge in [-0.15, -0.1) is 0 Å². The molecule has 2 aliphatic rings. The van der Waals surface area contributed by atoms with Gasteiger partial charge in [0.25, 0.3) is 0 Å². The normalized spacial score (nSPS) is 15.2. The first-order valence-corrected chi connectivity index (χ1v) is 20.2. The Kier molecular flexibility index (Phi) is 10.3. The number of sulfonamides is 2. The molecule has 0 atom stereocenters. The second-order valence-electron chi connectivity index (χ2n) is 12.9. The Labute approximate surface area is 309 Å². The molecule has 1 heterocycles. The van der Waals surface area contributed by atoms with Crippen LogP contribution in [0, 0.1) is 0 Å². The molecule has 0 bridgehead atoms. The van der Waals surface area contributed by atoms with Gasteiger partial charge in [-0.2, -0.15) is 20.2 Å². The fraction of sp³-hybridized carbons (Fsp3) is 0.211. The first-order chi connectivity index (χ1) is 25.5. The maximum atomic E-state index is 12.7. The Balaban J connectivity index is 1.21. The monoisotopic (exact) mass is 749 g/mol. The van der Waals surface area contributed by atoms with Crippen molar-refractivity contribution < 1.29 is 16.8 Å². The van der Waals surface area contributed by atoms with Gasteiger partial charge in [0.2, 0.25) is 26.0 Å². The zero-order chi connectivity index (χ0) is 37.0. The first-order valence-electron chi connectivity index (χ1n) is 17.2. The van der Waals surface area contributed by atoms with E-state index in [0.29, 0.717) is 28.6 Å². The van der Waals surface area contributed by atoms with Gasteiger partial charge in [-0.1, -0.05) is 72.8 Å². The highest BCUT2D eigenvalue weighted by Gasteiger charge is 2.29. The third-order valence-electron chi connectivity index (χ3n) is 8.62. The van der Waals surface area contributed by atoms with Crippen molar-refractivity contribution in [2.45, 2.75) is 61.4 Å². The highest BCUT2D eigenvalue weighted by Crippen LogP contribution is 2.35. The Hall–Kier alpha value is -5.48. The molecule has 13 nitrogen and oxygen atoms in total. The van der Waals surface area contributed by atoms with Gasteiger partial charge in [-0.3, -0.25) is 10.9 Å². The molecule has 0 aliphatic heterocycles. The lowest BCUT2D eigenvalue weighted by molar-refractivity contribution is 0.579. The maximum absolute atomic E-state index is 12.7. The van der Waals surface area contributed by atoms with Crippen molar-refractivity contribution >= 4 is 54.7 Å². The molecule has 2 fully saturated rings. The zero-order valence-corrected chi connectivity index (χ0v) is 30.7. The summed E-state index contributed by atoms with van der Waals surface area (Å²) in [5.41, 5.74) is 11.1. The number of nitrogens with zero attached hydrogens (tertiary/aromatic N) is 4. The molecular weight excluding hydrogens is 711 g/mol. The van der Waals surface area contributed by atoms with Crippen LogP contribution in [-0.4, -0.2) is 50.3 Å². The zero-order valence-electron chi connectivity index (χ0n) is 29.1. The number of aromatic nitrogens is 2. The number of para-hydroxylation sites is 1. The Bertz CT molecular complexity index is 2240. The molecule has 0 amide bonds. The fourth-order valence-corrected chi connectivity index (χ4v) is 7.95. The molecule has 0 saturated heterocycles. The standard InChI is InChI=1S/C38H39N9O4S2/c1-25(27-13-21-33(22-14-27)52(48,49)46-31-17-18-31)42-44-36-35(29-9-5-3-6-10-29)37(41-38(40-36)39-30-11-7-4-8-12-30)45-43-26(2)28-15-23-34(24-16-28)53(50,51)47-32-19-20-32/h3-16,21-24,31-32,46-47H,17-20H2,1-2H3,(H3,39,40,41,44,45). The largest absolute Gasteiger partial charge is 0.324 e. The minimum atomic E-state index is -3.58. The number of anilines is 4. The number of hydrogen-bond acceptors (Lipinski definition) is 11. The van der Waals surface area contributed by atoms with E-state index in [-0.39, 0.29) is 27.8 Å². The lowest BCUT2D eigenvalue weighted by atomic mass is 10.1. The summed E-state index contributed by atoms with van der Waals surface area (Å²) in [6.45, 7) is 3.63. The van der Waals surface area contributed by atoms with E-state index >= 15 is 0 Å². The molecule has 7 rings (SSSR count). The topological polar surface area (TPSA) is 179 Å². The smallest absolute Gasteiger partial charge is 0.240 e. The van der Waals surface area contributed by atoms with Gasteiger partial charge < -0.3 is 5.32 Å². The Morgan fingerprint density at radius 2 is 1.00 bits per heavy atom. The van der Waals surface area contributed by atoms with E-state index in [1.807, 2.05) is 74.5 Å². The van der Waals surface area contributed by atoms with Crippen LogP contribution in [0.15, 0.2) is 129 Å². The van der Waals surface area contributed by atoms with Crippen molar-refractivity contribution in [2.24, 2.45) is 10.2 Å². The highest BCUT2D eigenvalue weighted by atomic mass is 32.2. The highest BCUT2D eigenvalue weighted by molar-refractivity contribution is 7.89. The minimum absolute atomic E-state index is 0.0147. The van der Waals surface area contributed by atoms with Crippen molar-refractivity contribution in [2.75, 3.05) is 16.2 Å². The summed E-state index contributed by atoms with van der Waals surface area (Å²) in [7, 11) is -7.16. The van der Waals surface area contributed by atoms with Gasteiger partial charge >= 0.3 is 0 Å². The summed E-state index contributed by atoms with van der Waals surface area (Å²) in [4.78, 5) is 10.0. The molecule has 1 aromatic heterocycles. The summed E-state index contributed by atoms with van der Waals surface area (Å²) < 4.78 is 56.2. The summed E-state index contributed by atoms with van der Waals surface area (Å²) >= 11 is 0. The van der Waals surface area contributed by atoms with Crippen LogP contribution in [-0.2, 0) is 20.0 Å². The van der Waals surface area contributed by atoms with Crippen molar-refractivity contribution in [1.82, 2.24) is 19.4 Å². The summed E-state index contributed by atoms with van der Waals surface area (Å²) in [6.07, 6.45) is 3.42. The van der Waals surface area contributed by atoms with Crippen LogP contribution in [0.1, 0.15) is 50.7 Å². The molecular formula is C38H39N9O4S2. The summed E-state index contributed by atoms with van der Waals surface area (Å²) in [5.74, 6) is 1.03. The molecule has 0 radical (unpaired) electrons. The van der Waals surface area contributed by atoms with Gasteiger partial charge in [0.05, 0.1) is 26.8 Å². The maximum Gasteiger partial charge on any atom is 0.240 e. The predicted octanol–water partition coefficient (Wildman–Crippen LogP) is 6.44. The number of rotatable bonds is 15. The van der Waals surface area contributed by atoms with Crippen LogP contribution in [0.2, 0.25) is 0 Å². The average molecular weight is 750 g/mol. The van der Waals surface area contributed by atoms with E-state index in [0.717, 1.165) is 48.1 Å². The van der Waals surface area contributed by atoms with Gasteiger partial charge in [0.1, 0.15) is 0 Å². The van der Waals surface area contributed by atoms with Gasteiger partial charge in [-0.25, -0.2) is 26.3 Å². The van der Waals surface area contributed by atoms with Crippen molar-refractivity contribution in [1.29, 1.82) is 0 Å².